The Morgan fingerprint density at radius 3 is 2.02 bits per heavy atom. The Morgan fingerprint density at radius 1 is 1.02 bits per heavy atom. The van der Waals surface area contributed by atoms with Gasteiger partial charge in [-0.2, -0.15) is 5.26 Å². The van der Waals surface area contributed by atoms with E-state index in [9.17, 15) is 32.4 Å². The molecule has 3 saturated carbocycles. The first-order chi connectivity index (χ1) is 19.3. The van der Waals surface area contributed by atoms with Crippen molar-refractivity contribution in [2.75, 3.05) is 0 Å². The molecule has 0 heterocycles. The molecule has 0 spiro atoms. The second-order valence-corrected chi connectivity index (χ2v) is 12.3. The number of nitriles is 1. The number of rotatable bonds is 12. The number of halogens is 4. The van der Waals surface area contributed by atoms with E-state index >= 15 is 0 Å². The van der Waals surface area contributed by atoms with Crippen LogP contribution in [0.25, 0.3) is 11.1 Å². The van der Waals surface area contributed by atoms with E-state index in [-0.39, 0.29) is 23.9 Å². The SMILES string of the molecule is CC(C)(F)C[C@H](N[C@@H](c1ccc(-c2ccc(C3(C(=O)NC4CC4F)CC3)cc2)cc1)C(F)F)C(=O)NC1(C#N)CC1. The van der Waals surface area contributed by atoms with Gasteiger partial charge in [0, 0.05) is 12.8 Å². The maximum atomic E-state index is 14.5. The smallest absolute Gasteiger partial charge is 0.257 e. The second-order valence-electron chi connectivity index (χ2n) is 12.3. The molecule has 0 saturated heterocycles. The normalized spacial score (nSPS) is 23.2. The Kier molecular flexibility index (Phi) is 7.62. The highest BCUT2D eigenvalue weighted by Crippen LogP contribution is 2.49. The van der Waals surface area contributed by atoms with E-state index in [1.54, 1.807) is 24.3 Å². The zero-order valence-corrected chi connectivity index (χ0v) is 23.0. The van der Waals surface area contributed by atoms with E-state index in [1.807, 2.05) is 30.3 Å². The van der Waals surface area contributed by atoms with Gasteiger partial charge in [0.2, 0.25) is 11.8 Å². The van der Waals surface area contributed by atoms with Gasteiger partial charge in [-0.1, -0.05) is 48.5 Å². The van der Waals surface area contributed by atoms with Gasteiger partial charge in [-0.25, -0.2) is 17.6 Å². The number of benzene rings is 2. The minimum Gasteiger partial charge on any atom is -0.350 e. The van der Waals surface area contributed by atoms with Crippen LogP contribution in [0.1, 0.15) is 69.5 Å². The van der Waals surface area contributed by atoms with Crippen LogP contribution in [-0.2, 0) is 15.0 Å². The lowest BCUT2D eigenvalue weighted by Crippen LogP contribution is -2.52. The molecular formula is C31H34F4N4O2. The number of amides is 2. The third-order valence-electron chi connectivity index (χ3n) is 8.22. The van der Waals surface area contributed by atoms with Crippen LogP contribution in [0.5, 0.6) is 0 Å². The van der Waals surface area contributed by atoms with E-state index in [4.69, 9.17) is 0 Å². The average Bonchev–Trinajstić information content (AvgIpc) is 3.83. The number of carbonyl (C=O) groups is 2. The second kappa shape index (κ2) is 10.8. The molecule has 0 aromatic heterocycles. The molecule has 41 heavy (non-hydrogen) atoms. The first-order valence-electron chi connectivity index (χ1n) is 14.0. The molecule has 2 aromatic rings. The van der Waals surface area contributed by atoms with Gasteiger partial charge in [0.25, 0.3) is 6.43 Å². The van der Waals surface area contributed by atoms with E-state index in [1.165, 1.54) is 13.8 Å². The summed E-state index contributed by atoms with van der Waals surface area (Å²) in [6.07, 6.45) is -1.48. The fraction of sp³-hybridized carbons (Fsp3) is 0.516. The van der Waals surface area contributed by atoms with Crippen LogP contribution >= 0.6 is 0 Å². The molecule has 3 fully saturated rings. The van der Waals surface area contributed by atoms with Crippen LogP contribution < -0.4 is 16.0 Å². The van der Waals surface area contributed by atoms with Crippen molar-refractivity contribution >= 4 is 11.8 Å². The van der Waals surface area contributed by atoms with Crippen LogP contribution in [0.4, 0.5) is 17.6 Å². The summed E-state index contributed by atoms with van der Waals surface area (Å²) in [5, 5.41) is 17.3. The van der Waals surface area contributed by atoms with Crippen LogP contribution in [0.2, 0.25) is 0 Å². The molecule has 3 N–H and O–H groups in total. The molecule has 2 unspecified atom stereocenters. The van der Waals surface area contributed by atoms with E-state index in [2.05, 4.69) is 16.0 Å². The molecule has 0 aliphatic heterocycles. The molecule has 5 rings (SSSR count). The maximum absolute atomic E-state index is 14.5. The van der Waals surface area contributed by atoms with Gasteiger partial charge in [0.1, 0.15) is 17.4 Å². The summed E-state index contributed by atoms with van der Waals surface area (Å²) in [5.74, 6) is -0.825. The number of nitrogens with zero attached hydrogens (tertiary/aromatic N) is 1. The predicted molar refractivity (Wildman–Crippen MR) is 145 cm³/mol. The largest absolute Gasteiger partial charge is 0.350 e. The molecular weight excluding hydrogens is 536 g/mol. The van der Waals surface area contributed by atoms with Crippen LogP contribution in [0, 0.1) is 11.3 Å². The standard InChI is InChI=1S/C31H34F4N4O2/c1-29(2,35)16-24(27(40)39-30(17-36)11-12-30)37-25(26(33)34)20-5-3-18(4-6-20)19-7-9-21(10-8-19)31(13-14-31)28(41)38-23-15-22(23)32/h3-10,22-26,37H,11-16H2,1-2H3,(H,38,41)(H,39,40)/t22?,23?,24-,25-/m0/s1. The fourth-order valence-corrected chi connectivity index (χ4v) is 5.21. The summed E-state index contributed by atoms with van der Waals surface area (Å²) < 4.78 is 56.2. The predicted octanol–water partition coefficient (Wildman–Crippen LogP) is 5.19. The van der Waals surface area contributed by atoms with Gasteiger partial charge >= 0.3 is 0 Å². The number of nitrogens with one attached hydrogen (secondary N) is 3. The van der Waals surface area contributed by atoms with Gasteiger partial charge < -0.3 is 10.6 Å². The molecule has 218 valence electrons. The third-order valence-corrected chi connectivity index (χ3v) is 8.22. The minimum atomic E-state index is -2.88. The van der Waals surface area contributed by atoms with Crippen LogP contribution in [0.3, 0.4) is 0 Å². The fourth-order valence-electron chi connectivity index (χ4n) is 5.21. The van der Waals surface area contributed by atoms with Gasteiger partial charge in [0.15, 0.2) is 0 Å². The lowest BCUT2D eigenvalue weighted by molar-refractivity contribution is -0.125. The van der Waals surface area contributed by atoms with Crippen molar-refractivity contribution in [1.82, 2.24) is 16.0 Å². The molecule has 4 atom stereocenters. The van der Waals surface area contributed by atoms with Crippen molar-refractivity contribution < 1.29 is 27.2 Å². The number of hydrogen-bond donors (Lipinski definition) is 3. The molecule has 2 amide bonds. The molecule has 0 radical (unpaired) electrons. The number of hydrogen-bond acceptors (Lipinski definition) is 4. The summed E-state index contributed by atoms with van der Waals surface area (Å²) in [6, 6.07) is 12.8. The zero-order chi connectivity index (χ0) is 29.6. The van der Waals surface area contributed by atoms with Crippen molar-refractivity contribution in [2.24, 2.45) is 0 Å². The maximum Gasteiger partial charge on any atom is 0.257 e. The molecule has 6 nitrogen and oxygen atoms in total. The Hall–Kier alpha value is -3.45. The molecule has 2 aromatic carbocycles. The van der Waals surface area contributed by atoms with Crippen molar-refractivity contribution in [1.29, 1.82) is 5.26 Å². The molecule has 3 aliphatic rings. The lowest BCUT2D eigenvalue weighted by Gasteiger charge is -2.29. The topological polar surface area (TPSA) is 94.0 Å². The number of carbonyl (C=O) groups excluding carboxylic acids is 2. The Morgan fingerprint density at radius 2 is 1.59 bits per heavy atom. The Bertz CT molecular complexity index is 1330. The molecule has 10 heteroatoms. The zero-order valence-electron chi connectivity index (χ0n) is 23.0. The summed E-state index contributed by atoms with van der Waals surface area (Å²) >= 11 is 0. The first-order valence-corrected chi connectivity index (χ1v) is 14.0. The van der Waals surface area contributed by atoms with Crippen molar-refractivity contribution in [3.05, 3.63) is 59.7 Å². The third kappa shape index (κ3) is 6.56. The van der Waals surface area contributed by atoms with Crippen molar-refractivity contribution in [3.63, 3.8) is 0 Å². The minimum absolute atomic E-state index is 0.145. The Labute approximate surface area is 236 Å². The summed E-state index contributed by atoms with van der Waals surface area (Å²) in [6.45, 7) is 2.54. The lowest BCUT2D eigenvalue weighted by atomic mass is 9.92. The van der Waals surface area contributed by atoms with Gasteiger partial charge in [-0.15, -0.1) is 0 Å². The summed E-state index contributed by atoms with van der Waals surface area (Å²) in [4.78, 5) is 25.6. The quantitative estimate of drug-likeness (QED) is 0.307. The average molecular weight is 571 g/mol. The first kappa shape index (κ1) is 29.1. The summed E-state index contributed by atoms with van der Waals surface area (Å²) in [5.41, 5.74) is -0.754. The number of alkyl halides is 4. The highest BCUT2D eigenvalue weighted by molar-refractivity contribution is 5.92. The molecule has 3 aliphatic carbocycles. The van der Waals surface area contributed by atoms with Crippen LogP contribution in [-0.4, -0.2) is 47.7 Å². The van der Waals surface area contributed by atoms with E-state index < -0.39 is 47.2 Å². The van der Waals surface area contributed by atoms with Crippen molar-refractivity contribution in [3.8, 4) is 17.2 Å². The van der Waals surface area contributed by atoms with Gasteiger partial charge in [-0.05, 0) is 61.8 Å². The highest BCUT2D eigenvalue weighted by atomic mass is 19.3. The molecule has 0 bridgehead atoms. The van der Waals surface area contributed by atoms with Crippen molar-refractivity contribution in [2.45, 2.75) is 99.7 Å². The monoisotopic (exact) mass is 570 g/mol. The van der Waals surface area contributed by atoms with Gasteiger partial charge in [-0.3, -0.25) is 14.9 Å². The summed E-state index contributed by atoms with van der Waals surface area (Å²) in [7, 11) is 0. The Balaban J connectivity index is 1.28. The van der Waals surface area contributed by atoms with E-state index in [0.717, 1.165) is 16.7 Å². The van der Waals surface area contributed by atoms with E-state index in [0.29, 0.717) is 32.1 Å². The van der Waals surface area contributed by atoms with Crippen LogP contribution in [0.15, 0.2) is 48.5 Å². The highest BCUT2D eigenvalue weighted by Gasteiger charge is 2.53. The van der Waals surface area contributed by atoms with Gasteiger partial charge in [0.05, 0.1) is 29.6 Å².